The largest absolute Gasteiger partial charge is 0.481 e. The van der Waals surface area contributed by atoms with Crippen LogP contribution in [0.5, 0.6) is 5.88 Å². The van der Waals surface area contributed by atoms with E-state index < -0.39 is 0 Å². The van der Waals surface area contributed by atoms with E-state index in [1.807, 2.05) is 18.2 Å². The number of rotatable bonds is 3. The minimum atomic E-state index is -0.300. The van der Waals surface area contributed by atoms with Crippen LogP contribution in [0.25, 0.3) is 10.9 Å². The molecule has 0 saturated carbocycles. The lowest BCUT2D eigenvalue weighted by atomic mass is 10.2. The van der Waals surface area contributed by atoms with Crippen molar-refractivity contribution in [2.24, 2.45) is 0 Å². The van der Waals surface area contributed by atoms with Gasteiger partial charge in [0.1, 0.15) is 0 Å². The van der Waals surface area contributed by atoms with Crippen molar-refractivity contribution in [1.29, 1.82) is 0 Å². The normalized spacial score (nSPS) is 10.6. The van der Waals surface area contributed by atoms with Gasteiger partial charge in [-0.25, -0.2) is 4.98 Å². The molecule has 3 rings (SSSR count). The lowest BCUT2D eigenvalue weighted by Gasteiger charge is -2.04. The first-order valence-electron chi connectivity index (χ1n) is 6.12. The number of aromatic nitrogens is 3. The maximum Gasteiger partial charge on any atom is 0.276 e. The van der Waals surface area contributed by atoms with Crippen LogP contribution in [0.15, 0.2) is 41.0 Å². The molecule has 2 aromatic heterocycles. The van der Waals surface area contributed by atoms with E-state index in [1.165, 1.54) is 7.11 Å². The number of halogens is 1. The van der Waals surface area contributed by atoms with Crippen molar-refractivity contribution in [2.75, 3.05) is 12.4 Å². The molecule has 0 aliphatic rings. The van der Waals surface area contributed by atoms with Gasteiger partial charge in [-0.3, -0.25) is 9.89 Å². The number of benzene rings is 1. The van der Waals surface area contributed by atoms with Crippen molar-refractivity contribution < 1.29 is 9.53 Å². The molecule has 106 valence electrons. The Bertz CT molecular complexity index is 816. The number of H-pyrrole nitrogens is 1. The number of methoxy groups -OCH3 is 1. The summed E-state index contributed by atoms with van der Waals surface area (Å²) in [6, 6.07) is 9.04. The zero-order valence-electron chi connectivity index (χ0n) is 11.1. The Morgan fingerprint density at radius 2 is 2.24 bits per heavy atom. The van der Waals surface area contributed by atoms with Crippen LogP contribution < -0.4 is 10.1 Å². The number of anilines is 1. The van der Waals surface area contributed by atoms with Crippen molar-refractivity contribution in [3.8, 4) is 5.88 Å². The van der Waals surface area contributed by atoms with Gasteiger partial charge in [0.25, 0.3) is 5.91 Å². The van der Waals surface area contributed by atoms with Crippen LogP contribution in [0.1, 0.15) is 10.5 Å². The van der Waals surface area contributed by atoms with Crippen LogP contribution in [0.2, 0.25) is 0 Å². The molecule has 7 heteroatoms. The van der Waals surface area contributed by atoms with Crippen molar-refractivity contribution in [1.82, 2.24) is 15.2 Å². The summed E-state index contributed by atoms with van der Waals surface area (Å²) in [6.07, 6.45) is 1.56. The highest BCUT2D eigenvalue weighted by Crippen LogP contribution is 2.21. The van der Waals surface area contributed by atoms with Crippen molar-refractivity contribution in [2.45, 2.75) is 0 Å². The van der Waals surface area contributed by atoms with E-state index in [9.17, 15) is 4.79 Å². The van der Waals surface area contributed by atoms with E-state index in [2.05, 4.69) is 36.4 Å². The molecule has 0 radical (unpaired) electrons. The van der Waals surface area contributed by atoms with E-state index in [0.29, 0.717) is 28.2 Å². The van der Waals surface area contributed by atoms with E-state index in [4.69, 9.17) is 4.74 Å². The SMILES string of the molecule is COc1cc2[nH]nc(C(=O)Nc3cccc(Br)c3)c2cn1. The monoisotopic (exact) mass is 346 g/mol. The minimum Gasteiger partial charge on any atom is -0.481 e. The van der Waals surface area contributed by atoms with Gasteiger partial charge in [0.2, 0.25) is 5.88 Å². The molecule has 0 aliphatic carbocycles. The number of carbonyl (C=O) groups excluding carboxylic acids is 1. The van der Waals surface area contributed by atoms with Crippen molar-refractivity contribution >= 4 is 38.4 Å². The smallest absolute Gasteiger partial charge is 0.276 e. The van der Waals surface area contributed by atoms with E-state index in [1.54, 1.807) is 18.3 Å². The third-order valence-corrected chi connectivity index (χ3v) is 3.42. The number of pyridine rings is 1. The number of carbonyl (C=O) groups is 1. The molecule has 0 aliphatic heterocycles. The second kappa shape index (κ2) is 5.53. The molecule has 0 fully saturated rings. The van der Waals surface area contributed by atoms with Gasteiger partial charge in [0, 0.05) is 22.4 Å². The molecule has 2 heterocycles. The van der Waals surface area contributed by atoms with E-state index >= 15 is 0 Å². The molecule has 0 spiro atoms. The predicted molar refractivity (Wildman–Crippen MR) is 82.5 cm³/mol. The summed E-state index contributed by atoms with van der Waals surface area (Å²) in [5.74, 6) is 0.163. The van der Waals surface area contributed by atoms with E-state index in [-0.39, 0.29) is 5.91 Å². The molecule has 0 unspecified atom stereocenters. The highest BCUT2D eigenvalue weighted by atomic mass is 79.9. The van der Waals surface area contributed by atoms with Gasteiger partial charge < -0.3 is 10.1 Å². The second-order valence-corrected chi connectivity index (χ2v) is 5.22. The Balaban J connectivity index is 1.91. The Hall–Kier alpha value is -2.41. The molecule has 21 heavy (non-hydrogen) atoms. The number of aromatic amines is 1. The van der Waals surface area contributed by atoms with Crippen LogP contribution in [-0.4, -0.2) is 28.2 Å². The zero-order valence-corrected chi connectivity index (χ0v) is 12.6. The molecular weight excluding hydrogens is 336 g/mol. The number of nitrogens with one attached hydrogen (secondary N) is 2. The number of hydrogen-bond acceptors (Lipinski definition) is 4. The summed E-state index contributed by atoms with van der Waals surface area (Å²) in [6.45, 7) is 0. The van der Waals surface area contributed by atoms with E-state index in [0.717, 1.165) is 4.47 Å². The van der Waals surface area contributed by atoms with Gasteiger partial charge in [0.15, 0.2) is 5.69 Å². The number of amides is 1. The predicted octanol–water partition coefficient (Wildman–Crippen LogP) is 2.98. The van der Waals surface area contributed by atoms with Gasteiger partial charge in [-0.1, -0.05) is 22.0 Å². The van der Waals surface area contributed by atoms with Crippen LogP contribution in [0, 0.1) is 0 Å². The zero-order chi connectivity index (χ0) is 14.8. The molecule has 2 N–H and O–H groups in total. The lowest BCUT2D eigenvalue weighted by molar-refractivity contribution is 0.102. The fourth-order valence-electron chi connectivity index (χ4n) is 1.94. The average Bonchev–Trinajstić information content (AvgIpc) is 2.90. The van der Waals surface area contributed by atoms with Gasteiger partial charge in [-0.05, 0) is 18.2 Å². The molecule has 0 bridgehead atoms. The minimum absolute atomic E-state index is 0.292. The van der Waals surface area contributed by atoms with Crippen LogP contribution in [-0.2, 0) is 0 Å². The fourth-order valence-corrected chi connectivity index (χ4v) is 2.33. The highest BCUT2D eigenvalue weighted by Gasteiger charge is 2.15. The maximum atomic E-state index is 12.3. The molecule has 6 nitrogen and oxygen atoms in total. The highest BCUT2D eigenvalue weighted by molar-refractivity contribution is 9.10. The van der Waals surface area contributed by atoms with Crippen LogP contribution >= 0.6 is 15.9 Å². The standard InChI is InChI=1S/C14H11BrN4O2/c1-21-12-6-11-10(7-16-12)13(19-18-11)14(20)17-9-4-2-3-8(15)5-9/h2-7H,1H3,(H,17,20)(H,18,19). The molecule has 1 amide bonds. The van der Waals surface area contributed by atoms with Gasteiger partial charge in [0.05, 0.1) is 18.0 Å². The third kappa shape index (κ3) is 2.73. The second-order valence-electron chi connectivity index (χ2n) is 4.31. The Morgan fingerprint density at radius 1 is 1.38 bits per heavy atom. The Kier molecular flexibility index (Phi) is 3.57. The maximum absolute atomic E-state index is 12.3. The lowest BCUT2D eigenvalue weighted by Crippen LogP contribution is -2.12. The Labute approximate surface area is 128 Å². The number of ether oxygens (including phenoxy) is 1. The van der Waals surface area contributed by atoms with Gasteiger partial charge >= 0.3 is 0 Å². The quantitative estimate of drug-likeness (QED) is 0.763. The summed E-state index contributed by atoms with van der Waals surface area (Å²) < 4.78 is 5.92. The molecule has 3 aromatic rings. The molecule has 1 aromatic carbocycles. The number of fused-ring (bicyclic) bond motifs is 1. The topological polar surface area (TPSA) is 79.9 Å². The first-order valence-corrected chi connectivity index (χ1v) is 6.91. The first kappa shape index (κ1) is 13.6. The van der Waals surface area contributed by atoms with Gasteiger partial charge in [-0.2, -0.15) is 5.10 Å². The van der Waals surface area contributed by atoms with Crippen molar-refractivity contribution in [3.05, 3.63) is 46.7 Å². The van der Waals surface area contributed by atoms with Crippen molar-refractivity contribution in [3.63, 3.8) is 0 Å². The van der Waals surface area contributed by atoms with Crippen LogP contribution in [0.3, 0.4) is 0 Å². The summed E-state index contributed by atoms with van der Waals surface area (Å²) in [5.41, 5.74) is 1.67. The molecular formula is C14H11BrN4O2. The summed E-state index contributed by atoms with van der Waals surface area (Å²) in [7, 11) is 1.53. The average molecular weight is 347 g/mol. The fraction of sp³-hybridized carbons (Fsp3) is 0.0714. The summed E-state index contributed by atoms with van der Waals surface area (Å²) >= 11 is 3.36. The third-order valence-electron chi connectivity index (χ3n) is 2.93. The summed E-state index contributed by atoms with van der Waals surface area (Å²) in [5, 5.41) is 10.3. The molecule has 0 saturated heterocycles. The summed E-state index contributed by atoms with van der Waals surface area (Å²) in [4.78, 5) is 16.4. The van der Waals surface area contributed by atoms with Crippen LogP contribution in [0.4, 0.5) is 5.69 Å². The Morgan fingerprint density at radius 3 is 3.00 bits per heavy atom. The molecule has 0 atom stereocenters. The first-order chi connectivity index (χ1) is 10.2. The number of nitrogens with zero attached hydrogens (tertiary/aromatic N) is 2. The number of hydrogen-bond donors (Lipinski definition) is 2. The van der Waals surface area contributed by atoms with Gasteiger partial charge in [-0.15, -0.1) is 0 Å².